The SMILES string of the molecule is COc1ccc(C)cc1NC(=O)[C@@H](C)Oc1ccc([N+](=O)[O-])cc1Cl. The van der Waals surface area contributed by atoms with Gasteiger partial charge in [0.2, 0.25) is 0 Å². The fraction of sp³-hybridized carbons (Fsp3) is 0.235. The molecule has 1 atom stereocenters. The fourth-order valence-corrected chi connectivity index (χ4v) is 2.32. The lowest BCUT2D eigenvalue weighted by Crippen LogP contribution is -2.30. The van der Waals surface area contributed by atoms with Gasteiger partial charge in [0.05, 0.1) is 22.7 Å². The predicted octanol–water partition coefficient (Wildman–Crippen LogP) is 3.97. The molecule has 2 aromatic carbocycles. The molecule has 0 radical (unpaired) electrons. The first-order chi connectivity index (χ1) is 11.8. The maximum atomic E-state index is 12.3. The first kappa shape index (κ1) is 18.5. The monoisotopic (exact) mass is 364 g/mol. The van der Waals surface area contributed by atoms with Crippen LogP contribution in [0.4, 0.5) is 11.4 Å². The van der Waals surface area contributed by atoms with E-state index in [1.807, 2.05) is 13.0 Å². The number of aryl methyl sites for hydroxylation is 1. The summed E-state index contributed by atoms with van der Waals surface area (Å²) in [5.74, 6) is 0.309. The number of hydrogen-bond acceptors (Lipinski definition) is 5. The van der Waals surface area contributed by atoms with E-state index in [2.05, 4.69) is 5.32 Å². The van der Waals surface area contributed by atoms with Crippen LogP contribution in [-0.2, 0) is 4.79 Å². The molecule has 0 fully saturated rings. The Bertz CT molecular complexity index is 810. The van der Waals surface area contributed by atoms with Crippen LogP contribution in [0.25, 0.3) is 0 Å². The lowest BCUT2D eigenvalue weighted by Gasteiger charge is -2.17. The minimum Gasteiger partial charge on any atom is -0.495 e. The number of nitro benzene ring substituents is 1. The third-order valence-corrected chi connectivity index (χ3v) is 3.71. The van der Waals surface area contributed by atoms with Gasteiger partial charge in [-0.05, 0) is 37.6 Å². The van der Waals surface area contributed by atoms with E-state index in [1.165, 1.54) is 25.3 Å². The summed E-state index contributed by atoms with van der Waals surface area (Å²) in [5.41, 5.74) is 1.33. The molecule has 0 aliphatic rings. The van der Waals surface area contributed by atoms with Crippen LogP contribution in [0.5, 0.6) is 11.5 Å². The summed E-state index contributed by atoms with van der Waals surface area (Å²) in [6, 6.07) is 9.19. The average molecular weight is 365 g/mol. The van der Waals surface area contributed by atoms with Crippen molar-refractivity contribution < 1.29 is 19.2 Å². The summed E-state index contributed by atoms with van der Waals surface area (Å²) in [6.07, 6.45) is -0.871. The van der Waals surface area contributed by atoms with Gasteiger partial charge < -0.3 is 14.8 Å². The molecular formula is C17H17ClN2O5. The number of anilines is 1. The van der Waals surface area contributed by atoms with E-state index >= 15 is 0 Å². The molecule has 25 heavy (non-hydrogen) atoms. The van der Waals surface area contributed by atoms with Crippen LogP contribution in [-0.4, -0.2) is 24.0 Å². The normalized spacial score (nSPS) is 11.5. The summed E-state index contributed by atoms with van der Waals surface area (Å²) >= 11 is 5.97. The smallest absolute Gasteiger partial charge is 0.271 e. The Hall–Kier alpha value is -2.80. The third-order valence-electron chi connectivity index (χ3n) is 3.41. The van der Waals surface area contributed by atoms with E-state index in [0.717, 1.165) is 5.56 Å². The summed E-state index contributed by atoms with van der Waals surface area (Å²) in [4.78, 5) is 22.5. The number of rotatable bonds is 6. The van der Waals surface area contributed by atoms with E-state index in [-0.39, 0.29) is 16.5 Å². The molecule has 0 aromatic heterocycles. The molecule has 0 spiro atoms. The van der Waals surface area contributed by atoms with Gasteiger partial charge in [-0.25, -0.2) is 0 Å². The number of carbonyl (C=O) groups is 1. The number of hydrogen-bond donors (Lipinski definition) is 1. The van der Waals surface area contributed by atoms with Crippen molar-refractivity contribution in [2.45, 2.75) is 20.0 Å². The second-order valence-corrected chi connectivity index (χ2v) is 5.73. The number of nitro groups is 1. The van der Waals surface area contributed by atoms with Gasteiger partial charge in [0.1, 0.15) is 11.5 Å². The van der Waals surface area contributed by atoms with E-state index < -0.39 is 16.9 Å². The van der Waals surface area contributed by atoms with Crippen molar-refractivity contribution in [3.05, 3.63) is 57.1 Å². The molecule has 0 saturated carbocycles. The topological polar surface area (TPSA) is 90.7 Å². The van der Waals surface area contributed by atoms with Crippen molar-refractivity contribution in [1.29, 1.82) is 0 Å². The molecule has 2 rings (SSSR count). The van der Waals surface area contributed by atoms with Gasteiger partial charge in [0, 0.05) is 12.1 Å². The summed E-state index contributed by atoms with van der Waals surface area (Å²) in [6.45, 7) is 3.45. The number of nitrogens with zero attached hydrogens (tertiary/aromatic N) is 1. The van der Waals surface area contributed by atoms with Gasteiger partial charge in [0.15, 0.2) is 6.10 Å². The van der Waals surface area contributed by atoms with Crippen LogP contribution >= 0.6 is 11.6 Å². The van der Waals surface area contributed by atoms with Gasteiger partial charge in [-0.3, -0.25) is 14.9 Å². The van der Waals surface area contributed by atoms with E-state index in [1.54, 1.807) is 19.1 Å². The molecule has 0 bridgehead atoms. The minimum atomic E-state index is -0.871. The molecule has 1 amide bonds. The summed E-state index contributed by atoms with van der Waals surface area (Å²) < 4.78 is 10.7. The molecule has 0 aliphatic heterocycles. The lowest BCUT2D eigenvalue weighted by molar-refractivity contribution is -0.384. The number of amides is 1. The largest absolute Gasteiger partial charge is 0.495 e. The molecule has 7 nitrogen and oxygen atoms in total. The Kier molecular flexibility index (Phi) is 5.82. The Balaban J connectivity index is 2.11. The highest BCUT2D eigenvalue weighted by molar-refractivity contribution is 6.32. The van der Waals surface area contributed by atoms with E-state index in [0.29, 0.717) is 11.4 Å². The molecule has 0 aliphatic carbocycles. The Morgan fingerprint density at radius 3 is 2.52 bits per heavy atom. The first-order valence-electron chi connectivity index (χ1n) is 7.38. The van der Waals surface area contributed by atoms with Crippen LogP contribution in [0, 0.1) is 17.0 Å². The molecule has 0 unspecified atom stereocenters. The molecule has 0 saturated heterocycles. The van der Waals surface area contributed by atoms with Crippen LogP contribution < -0.4 is 14.8 Å². The molecule has 1 N–H and O–H groups in total. The van der Waals surface area contributed by atoms with Crippen LogP contribution in [0.1, 0.15) is 12.5 Å². The number of methoxy groups -OCH3 is 1. The average Bonchev–Trinajstić information content (AvgIpc) is 2.56. The minimum absolute atomic E-state index is 0.0574. The Labute approximate surface area is 149 Å². The molecule has 8 heteroatoms. The number of benzene rings is 2. The standard InChI is InChI=1S/C17H17ClN2O5/c1-10-4-6-16(24-3)14(8-10)19-17(21)11(2)25-15-7-5-12(20(22)23)9-13(15)18/h4-9,11H,1-3H3,(H,19,21)/t11-/m1/s1. The molecular weight excluding hydrogens is 348 g/mol. The number of nitrogens with one attached hydrogen (secondary N) is 1. The van der Waals surface area contributed by atoms with E-state index in [4.69, 9.17) is 21.1 Å². The maximum absolute atomic E-state index is 12.3. The van der Waals surface area contributed by atoms with Crippen molar-refractivity contribution >= 4 is 28.9 Å². The van der Waals surface area contributed by atoms with Gasteiger partial charge in [-0.15, -0.1) is 0 Å². The molecule has 2 aromatic rings. The number of non-ortho nitro benzene ring substituents is 1. The van der Waals surface area contributed by atoms with Gasteiger partial charge in [-0.1, -0.05) is 17.7 Å². The highest BCUT2D eigenvalue weighted by atomic mass is 35.5. The van der Waals surface area contributed by atoms with Crippen molar-refractivity contribution in [3.8, 4) is 11.5 Å². The van der Waals surface area contributed by atoms with Crippen LogP contribution in [0.15, 0.2) is 36.4 Å². The fourth-order valence-electron chi connectivity index (χ4n) is 2.10. The quantitative estimate of drug-likeness (QED) is 0.618. The zero-order valence-corrected chi connectivity index (χ0v) is 14.7. The van der Waals surface area contributed by atoms with Gasteiger partial charge >= 0.3 is 0 Å². The van der Waals surface area contributed by atoms with Crippen LogP contribution in [0.2, 0.25) is 5.02 Å². The van der Waals surface area contributed by atoms with Crippen molar-refractivity contribution in [1.82, 2.24) is 0 Å². The second kappa shape index (κ2) is 7.85. The number of carbonyl (C=O) groups excluding carboxylic acids is 1. The van der Waals surface area contributed by atoms with Crippen molar-refractivity contribution in [2.75, 3.05) is 12.4 Å². The zero-order chi connectivity index (χ0) is 18.6. The Morgan fingerprint density at radius 1 is 1.24 bits per heavy atom. The van der Waals surface area contributed by atoms with Crippen molar-refractivity contribution in [2.24, 2.45) is 0 Å². The Morgan fingerprint density at radius 2 is 1.92 bits per heavy atom. The molecule has 132 valence electrons. The van der Waals surface area contributed by atoms with Gasteiger partial charge in [-0.2, -0.15) is 0 Å². The zero-order valence-electron chi connectivity index (χ0n) is 13.9. The van der Waals surface area contributed by atoms with Crippen molar-refractivity contribution in [3.63, 3.8) is 0 Å². The van der Waals surface area contributed by atoms with E-state index in [9.17, 15) is 14.9 Å². The van der Waals surface area contributed by atoms with Crippen LogP contribution in [0.3, 0.4) is 0 Å². The highest BCUT2D eigenvalue weighted by Crippen LogP contribution is 2.30. The lowest BCUT2D eigenvalue weighted by atomic mass is 10.2. The maximum Gasteiger partial charge on any atom is 0.271 e. The predicted molar refractivity (Wildman–Crippen MR) is 94.6 cm³/mol. The molecule has 0 heterocycles. The third kappa shape index (κ3) is 4.60. The summed E-state index contributed by atoms with van der Waals surface area (Å²) in [5, 5.41) is 13.5. The first-order valence-corrected chi connectivity index (χ1v) is 7.75. The summed E-state index contributed by atoms with van der Waals surface area (Å²) in [7, 11) is 1.51. The number of halogens is 1. The highest BCUT2D eigenvalue weighted by Gasteiger charge is 2.19. The second-order valence-electron chi connectivity index (χ2n) is 5.32. The van der Waals surface area contributed by atoms with Gasteiger partial charge in [0.25, 0.3) is 11.6 Å². The number of ether oxygens (including phenoxy) is 2.